The van der Waals surface area contributed by atoms with Crippen LogP contribution < -0.4 is 11.1 Å². The minimum atomic E-state index is -0.300. The summed E-state index contributed by atoms with van der Waals surface area (Å²) in [5, 5.41) is 3.08. The fourth-order valence-corrected chi connectivity index (χ4v) is 2.29. The first-order valence-corrected chi connectivity index (χ1v) is 7.06. The average molecular weight is 313 g/mol. The van der Waals surface area contributed by atoms with E-state index < -0.39 is 0 Å². The third-order valence-corrected chi connectivity index (χ3v) is 4.49. The Morgan fingerprint density at radius 1 is 1.39 bits per heavy atom. The normalized spacial score (nSPS) is 11.4. The summed E-state index contributed by atoms with van der Waals surface area (Å²) in [5.74, 6) is -0.0528. The molecule has 0 aliphatic rings. The maximum Gasteiger partial charge on any atom is 0.252 e. The van der Waals surface area contributed by atoms with E-state index in [0.717, 1.165) is 22.9 Å². The van der Waals surface area contributed by atoms with Crippen LogP contribution in [0.1, 0.15) is 42.6 Å². The van der Waals surface area contributed by atoms with Crippen LogP contribution in [0.25, 0.3) is 0 Å². The van der Waals surface area contributed by atoms with Crippen molar-refractivity contribution in [2.45, 2.75) is 39.2 Å². The molecule has 1 amide bonds. The number of hydrogen-bond donors (Lipinski definition) is 2. The van der Waals surface area contributed by atoms with Gasteiger partial charge in [0.1, 0.15) is 0 Å². The van der Waals surface area contributed by atoms with Gasteiger partial charge in [-0.05, 0) is 37.5 Å². The lowest BCUT2D eigenvalue weighted by molar-refractivity contribution is 0.0894. The third kappa shape index (κ3) is 3.12. The monoisotopic (exact) mass is 312 g/mol. The number of hydrogen-bond acceptors (Lipinski definition) is 2. The first kappa shape index (κ1) is 15.2. The Bertz CT molecular complexity index is 420. The molecule has 0 radical (unpaired) electrons. The Kier molecular flexibility index (Phi) is 5.35. The Labute approximate surface area is 117 Å². The molecule has 0 bridgehead atoms. The third-order valence-electron chi connectivity index (χ3n) is 3.64. The van der Waals surface area contributed by atoms with E-state index in [2.05, 4.69) is 21.2 Å². The molecule has 0 aliphatic carbocycles. The summed E-state index contributed by atoms with van der Waals surface area (Å²) in [6.07, 6.45) is 1.66. The number of benzene rings is 1. The highest BCUT2D eigenvalue weighted by Gasteiger charge is 2.27. The van der Waals surface area contributed by atoms with Crippen LogP contribution >= 0.6 is 15.9 Å². The smallest absolute Gasteiger partial charge is 0.252 e. The Hall–Kier alpha value is -0.870. The van der Waals surface area contributed by atoms with Crippen molar-refractivity contribution in [3.05, 3.63) is 33.8 Å². The zero-order chi connectivity index (χ0) is 13.8. The SMILES string of the molecule is CCC(CC)(CN)NC(=O)c1cccc(Br)c1C. The molecule has 100 valence electrons. The predicted molar refractivity (Wildman–Crippen MR) is 78.7 cm³/mol. The molecule has 18 heavy (non-hydrogen) atoms. The molecular weight excluding hydrogens is 292 g/mol. The molecule has 0 aliphatic heterocycles. The van der Waals surface area contributed by atoms with E-state index >= 15 is 0 Å². The van der Waals surface area contributed by atoms with Crippen LogP contribution in [0.4, 0.5) is 0 Å². The highest BCUT2D eigenvalue weighted by Crippen LogP contribution is 2.21. The van der Waals surface area contributed by atoms with Gasteiger partial charge >= 0.3 is 0 Å². The topological polar surface area (TPSA) is 55.1 Å². The standard InChI is InChI=1S/C14H21BrN2O/c1-4-14(5-2,9-16)17-13(18)11-7-6-8-12(15)10(11)3/h6-8H,4-5,9,16H2,1-3H3,(H,17,18). The van der Waals surface area contributed by atoms with E-state index in [0.29, 0.717) is 12.1 Å². The molecular formula is C14H21BrN2O. The molecule has 3 N–H and O–H groups in total. The quantitative estimate of drug-likeness (QED) is 0.878. The van der Waals surface area contributed by atoms with Crippen LogP contribution in [0.3, 0.4) is 0 Å². The second-order valence-electron chi connectivity index (χ2n) is 4.56. The number of nitrogens with one attached hydrogen (secondary N) is 1. The van der Waals surface area contributed by atoms with E-state index in [1.165, 1.54) is 0 Å². The average Bonchev–Trinajstić information content (AvgIpc) is 2.39. The minimum Gasteiger partial charge on any atom is -0.345 e. The Morgan fingerprint density at radius 2 is 2.00 bits per heavy atom. The Balaban J connectivity index is 2.98. The summed E-state index contributed by atoms with van der Waals surface area (Å²) in [6, 6.07) is 5.64. The van der Waals surface area contributed by atoms with Gasteiger partial charge in [-0.25, -0.2) is 0 Å². The van der Waals surface area contributed by atoms with Crippen LogP contribution in [-0.2, 0) is 0 Å². The number of rotatable bonds is 5. The fourth-order valence-electron chi connectivity index (χ4n) is 1.93. The largest absolute Gasteiger partial charge is 0.345 e. The lowest BCUT2D eigenvalue weighted by Crippen LogP contribution is -2.53. The van der Waals surface area contributed by atoms with Gasteiger partial charge < -0.3 is 11.1 Å². The van der Waals surface area contributed by atoms with Crippen molar-refractivity contribution in [2.24, 2.45) is 5.73 Å². The van der Waals surface area contributed by atoms with Crippen LogP contribution in [0, 0.1) is 6.92 Å². The van der Waals surface area contributed by atoms with Crippen molar-refractivity contribution in [1.82, 2.24) is 5.32 Å². The molecule has 4 heteroatoms. The molecule has 0 fully saturated rings. The van der Waals surface area contributed by atoms with Gasteiger partial charge in [0.15, 0.2) is 0 Å². The molecule has 0 unspecified atom stereocenters. The molecule has 0 saturated carbocycles. The van der Waals surface area contributed by atoms with Gasteiger partial charge in [0.25, 0.3) is 5.91 Å². The summed E-state index contributed by atoms with van der Waals surface area (Å²) in [7, 11) is 0. The number of nitrogens with two attached hydrogens (primary N) is 1. The van der Waals surface area contributed by atoms with Crippen molar-refractivity contribution in [3.63, 3.8) is 0 Å². The first-order chi connectivity index (χ1) is 8.49. The van der Waals surface area contributed by atoms with Crippen molar-refractivity contribution < 1.29 is 4.79 Å². The van der Waals surface area contributed by atoms with Gasteiger partial charge in [-0.2, -0.15) is 0 Å². The summed E-state index contributed by atoms with van der Waals surface area (Å²) >= 11 is 3.44. The lowest BCUT2D eigenvalue weighted by atomic mass is 9.92. The van der Waals surface area contributed by atoms with Gasteiger partial charge in [-0.15, -0.1) is 0 Å². The predicted octanol–water partition coefficient (Wildman–Crippen LogP) is 3.00. The fraction of sp³-hybridized carbons (Fsp3) is 0.500. The maximum absolute atomic E-state index is 12.3. The van der Waals surface area contributed by atoms with E-state index in [-0.39, 0.29) is 11.4 Å². The van der Waals surface area contributed by atoms with E-state index in [1.54, 1.807) is 0 Å². The van der Waals surface area contributed by atoms with Crippen molar-refractivity contribution in [3.8, 4) is 0 Å². The summed E-state index contributed by atoms with van der Waals surface area (Å²) < 4.78 is 0.946. The lowest BCUT2D eigenvalue weighted by Gasteiger charge is -2.31. The molecule has 0 aromatic heterocycles. The van der Waals surface area contributed by atoms with Crippen LogP contribution in [0.2, 0.25) is 0 Å². The zero-order valence-corrected chi connectivity index (χ0v) is 12.8. The van der Waals surface area contributed by atoms with Crippen molar-refractivity contribution >= 4 is 21.8 Å². The van der Waals surface area contributed by atoms with Crippen molar-refractivity contribution in [2.75, 3.05) is 6.54 Å². The number of halogens is 1. The van der Waals surface area contributed by atoms with Gasteiger partial charge in [0.05, 0.1) is 5.54 Å². The first-order valence-electron chi connectivity index (χ1n) is 6.27. The number of carbonyl (C=O) groups excluding carboxylic acids is 1. The second kappa shape index (κ2) is 6.34. The van der Waals surface area contributed by atoms with Crippen LogP contribution in [0.15, 0.2) is 22.7 Å². The zero-order valence-electron chi connectivity index (χ0n) is 11.2. The molecule has 0 spiro atoms. The summed E-state index contributed by atoms with van der Waals surface area (Å²) in [6.45, 7) is 6.48. The highest BCUT2D eigenvalue weighted by atomic mass is 79.9. The van der Waals surface area contributed by atoms with E-state index in [9.17, 15) is 4.79 Å². The molecule has 3 nitrogen and oxygen atoms in total. The molecule has 0 heterocycles. The molecule has 0 saturated heterocycles. The molecule has 1 aromatic carbocycles. The minimum absolute atomic E-state index is 0.0528. The number of carbonyl (C=O) groups is 1. The van der Waals surface area contributed by atoms with Crippen molar-refractivity contribution in [1.29, 1.82) is 0 Å². The van der Waals surface area contributed by atoms with E-state index in [4.69, 9.17) is 5.73 Å². The number of amides is 1. The summed E-state index contributed by atoms with van der Waals surface area (Å²) in [4.78, 5) is 12.3. The van der Waals surface area contributed by atoms with Gasteiger partial charge in [-0.1, -0.05) is 35.8 Å². The molecule has 1 rings (SSSR count). The van der Waals surface area contributed by atoms with Gasteiger partial charge in [-0.3, -0.25) is 4.79 Å². The molecule has 1 aromatic rings. The maximum atomic E-state index is 12.3. The van der Waals surface area contributed by atoms with Gasteiger partial charge in [0.2, 0.25) is 0 Å². The second-order valence-corrected chi connectivity index (χ2v) is 5.41. The van der Waals surface area contributed by atoms with Crippen LogP contribution in [0.5, 0.6) is 0 Å². The van der Waals surface area contributed by atoms with E-state index in [1.807, 2.05) is 39.0 Å². The van der Waals surface area contributed by atoms with Crippen LogP contribution in [-0.4, -0.2) is 18.0 Å². The summed E-state index contributed by atoms with van der Waals surface area (Å²) in [5.41, 5.74) is 7.15. The van der Waals surface area contributed by atoms with Gasteiger partial charge in [0, 0.05) is 16.6 Å². The Morgan fingerprint density at radius 3 is 2.50 bits per heavy atom. The molecule has 0 atom stereocenters. The highest BCUT2D eigenvalue weighted by molar-refractivity contribution is 9.10.